The lowest BCUT2D eigenvalue weighted by Gasteiger charge is -2.27. The van der Waals surface area contributed by atoms with Crippen LogP contribution in [0.1, 0.15) is 44.7 Å². The molecule has 4 rings (SSSR count). The van der Waals surface area contributed by atoms with Crippen LogP contribution in [-0.2, 0) is 14.3 Å². The summed E-state index contributed by atoms with van der Waals surface area (Å²) in [6.07, 6.45) is -0.651. The van der Waals surface area contributed by atoms with E-state index in [4.69, 9.17) is 4.74 Å². The lowest BCUT2D eigenvalue weighted by Crippen LogP contribution is -2.51. The van der Waals surface area contributed by atoms with Gasteiger partial charge in [-0.05, 0) is 41.0 Å². The number of hydrogen-bond donors (Lipinski definition) is 2. The molecule has 7 nitrogen and oxygen atoms in total. The maximum atomic E-state index is 13.2. The van der Waals surface area contributed by atoms with Gasteiger partial charge in [0.15, 0.2) is 0 Å². The minimum absolute atomic E-state index is 0.0675. The summed E-state index contributed by atoms with van der Waals surface area (Å²) in [7, 11) is 0. The molecule has 0 saturated carbocycles. The van der Waals surface area contributed by atoms with Crippen molar-refractivity contribution in [1.29, 1.82) is 0 Å². The molecule has 0 bridgehead atoms. The Morgan fingerprint density at radius 3 is 2.15 bits per heavy atom. The Morgan fingerprint density at radius 1 is 1.09 bits per heavy atom. The van der Waals surface area contributed by atoms with E-state index in [9.17, 15) is 19.5 Å². The maximum Gasteiger partial charge on any atom is 0.407 e. The lowest BCUT2D eigenvalue weighted by molar-refractivity contribution is -0.149. The average molecular weight is 465 g/mol. The van der Waals surface area contributed by atoms with E-state index in [1.165, 1.54) is 0 Å². The molecule has 7 heteroatoms. The topological polar surface area (TPSA) is 95.9 Å². The molecule has 180 valence electrons. The lowest BCUT2D eigenvalue weighted by atomic mass is 9.81. The Balaban J connectivity index is 1.43. The summed E-state index contributed by atoms with van der Waals surface area (Å²) >= 11 is 0. The van der Waals surface area contributed by atoms with Gasteiger partial charge >= 0.3 is 12.1 Å². The maximum absolute atomic E-state index is 13.2. The van der Waals surface area contributed by atoms with Crippen molar-refractivity contribution in [1.82, 2.24) is 10.2 Å². The summed E-state index contributed by atoms with van der Waals surface area (Å²) < 4.78 is 5.62. The van der Waals surface area contributed by atoms with Gasteiger partial charge in [-0.25, -0.2) is 4.79 Å². The first-order chi connectivity index (χ1) is 16.1. The molecular weight excluding hydrogens is 432 g/mol. The van der Waals surface area contributed by atoms with Crippen LogP contribution < -0.4 is 5.32 Å². The van der Waals surface area contributed by atoms with Gasteiger partial charge in [-0.2, -0.15) is 0 Å². The zero-order chi connectivity index (χ0) is 24.6. The molecule has 34 heavy (non-hydrogen) atoms. The molecule has 0 aromatic heterocycles. The van der Waals surface area contributed by atoms with Crippen molar-refractivity contribution in [2.45, 2.75) is 39.7 Å². The van der Waals surface area contributed by atoms with E-state index in [-0.39, 0.29) is 36.8 Å². The summed E-state index contributed by atoms with van der Waals surface area (Å²) in [6.45, 7) is 7.83. The minimum Gasteiger partial charge on any atom is -0.481 e. The second kappa shape index (κ2) is 9.12. The van der Waals surface area contributed by atoms with Crippen LogP contribution in [0.25, 0.3) is 11.1 Å². The number of carboxylic acids is 1. The predicted molar refractivity (Wildman–Crippen MR) is 128 cm³/mol. The number of likely N-dealkylation sites (tertiary alicyclic amines) is 1. The van der Waals surface area contributed by atoms with Crippen molar-refractivity contribution in [2.75, 3.05) is 19.7 Å². The third-order valence-corrected chi connectivity index (χ3v) is 7.45. The largest absolute Gasteiger partial charge is 0.481 e. The van der Waals surface area contributed by atoms with Gasteiger partial charge in [0.2, 0.25) is 5.91 Å². The van der Waals surface area contributed by atoms with Crippen LogP contribution in [0.2, 0.25) is 0 Å². The van der Waals surface area contributed by atoms with E-state index in [1.807, 2.05) is 45.0 Å². The molecule has 2 aromatic rings. The van der Waals surface area contributed by atoms with Crippen molar-refractivity contribution >= 4 is 18.0 Å². The molecule has 2 amide bonds. The normalized spacial score (nSPS) is 22.3. The Morgan fingerprint density at radius 2 is 1.65 bits per heavy atom. The first-order valence-electron chi connectivity index (χ1n) is 11.8. The second-order valence-corrected chi connectivity index (χ2v) is 10.0. The number of carbonyl (C=O) groups is 3. The zero-order valence-electron chi connectivity index (χ0n) is 20.1. The Labute approximate surface area is 200 Å². The van der Waals surface area contributed by atoms with Gasteiger partial charge in [0.05, 0.1) is 5.41 Å². The third-order valence-electron chi connectivity index (χ3n) is 7.45. The number of nitrogens with zero attached hydrogens (tertiary/aromatic N) is 1. The van der Waals surface area contributed by atoms with E-state index >= 15 is 0 Å². The molecule has 1 unspecified atom stereocenters. The van der Waals surface area contributed by atoms with Crippen molar-refractivity contribution in [3.63, 3.8) is 0 Å². The molecule has 2 N–H and O–H groups in total. The summed E-state index contributed by atoms with van der Waals surface area (Å²) in [4.78, 5) is 39.3. The highest BCUT2D eigenvalue weighted by atomic mass is 16.5. The van der Waals surface area contributed by atoms with Gasteiger partial charge in [0.1, 0.15) is 12.6 Å². The van der Waals surface area contributed by atoms with E-state index in [1.54, 1.807) is 11.8 Å². The van der Waals surface area contributed by atoms with Gasteiger partial charge < -0.3 is 20.1 Å². The number of amides is 2. The number of nitrogens with one attached hydrogen (secondary N) is 1. The first kappa shape index (κ1) is 23.8. The van der Waals surface area contributed by atoms with Gasteiger partial charge in [-0.3, -0.25) is 9.59 Å². The highest BCUT2D eigenvalue weighted by Crippen LogP contribution is 2.44. The number of benzene rings is 2. The molecule has 0 radical (unpaired) electrons. The van der Waals surface area contributed by atoms with Crippen molar-refractivity contribution in [3.8, 4) is 11.1 Å². The van der Waals surface area contributed by atoms with Crippen LogP contribution in [0, 0.1) is 17.3 Å². The van der Waals surface area contributed by atoms with Gasteiger partial charge in [-0.15, -0.1) is 0 Å². The van der Waals surface area contributed by atoms with Gasteiger partial charge in [0.25, 0.3) is 0 Å². The fraction of sp³-hybridized carbons (Fsp3) is 0.444. The third kappa shape index (κ3) is 4.15. The van der Waals surface area contributed by atoms with E-state index in [2.05, 4.69) is 29.6 Å². The van der Waals surface area contributed by atoms with Crippen molar-refractivity contribution in [3.05, 3.63) is 59.7 Å². The van der Waals surface area contributed by atoms with Crippen LogP contribution in [0.3, 0.4) is 0 Å². The van der Waals surface area contributed by atoms with Crippen molar-refractivity contribution in [2.24, 2.45) is 17.3 Å². The molecule has 3 atom stereocenters. The highest BCUT2D eigenvalue weighted by molar-refractivity contribution is 5.87. The fourth-order valence-corrected chi connectivity index (χ4v) is 5.07. The van der Waals surface area contributed by atoms with E-state index in [0.717, 1.165) is 22.3 Å². The first-order valence-corrected chi connectivity index (χ1v) is 11.8. The fourth-order valence-electron chi connectivity index (χ4n) is 5.07. The van der Waals surface area contributed by atoms with E-state index in [0.29, 0.717) is 6.54 Å². The summed E-state index contributed by atoms with van der Waals surface area (Å²) in [6, 6.07) is 15.4. The minimum atomic E-state index is -0.999. The smallest absolute Gasteiger partial charge is 0.407 e. The zero-order valence-corrected chi connectivity index (χ0v) is 20.1. The molecule has 0 spiro atoms. The number of carboxylic acid groups (broad SMARTS) is 1. The Hall–Kier alpha value is -3.35. The number of carbonyl (C=O) groups excluding carboxylic acids is 2. The molecule has 1 aliphatic heterocycles. The SMILES string of the molecule is CC(C)C(NC(=O)OCC1c2ccccc2-c2ccccc21)C(=O)N1C[C@H](C)[C@@](C)(C(=O)O)C1. The number of hydrogen-bond acceptors (Lipinski definition) is 4. The van der Waals surface area contributed by atoms with Gasteiger partial charge in [-0.1, -0.05) is 69.3 Å². The van der Waals surface area contributed by atoms with E-state index < -0.39 is 23.5 Å². The summed E-state index contributed by atoms with van der Waals surface area (Å²) in [5.41, 5.74) is 3.53. The average Bonchev–Trinajstić information content (AvgIpc) is 3.30. The Bertz CT molecular complexity index is 1070. The quantitative estimate of drug-likeness (QED) is 0.671. The molecule has 1 heterocycles. The Kier molecular flexibility index (Phi) is 6.39. The summed E-state index contributed by atoms with van der Waals surface area (Å²) in [5, 5.41) is 12.4. The monoisotopic (exact) mass is 464 g/mol. The molecule has 2 aliphatic rings. The predicted octanol–water partition coefficient (Wildman–Crippen LogP) is 4.12. The number of fused-ring (bicyclic) bond motifs is 3. The molecule has 1 aliphatic carbocycles. The van der Waals surface area contributed by atoms with Crippen LogP contribution in [-0.4, -0.2) is 53.7 Å². The van der Waals surface area contributed by atoms with Gasteiger partial charge in [0, 0.05) is 19.0 Å². The molecule has 2 aromatic carbocycles. The summed E-state index contributed by atoms with van der Waals surface area (Å²) in [5.74, 6) is -1.63. The van der Waals surface area contributed by atoms with Crippen molar-refractivity contribution < 1.29 is 24.2 Å². The standard InChI is InChI=1S/C27H32N2O5/c1-16(2)23(24(30)29-13-17(3)27(4,15-29)25(31)32)28-26(33)34-14-22-20-11-7-5-9-18(20)19-10-6-8-12-21(19)22/h5-12,16-17,22-23H,13-15H2,1-4H3,(H,28,33)(H,31,32)/t17-,23?,27-/m0/s1. The number of aliphatic carboxylic acids is 1. The number of alkyl carbamates (subject to hydrolysis) is 1. The van der Waals surface area contributed by atoms with Crippen LogP contribution in [0.4, 0.5) is 4.79 Å². The van der Waals surface area contributed by atoms with Crippen LogP contribution in [0.5, 0.6) is 0 Å². The second-order valence-electron chi connectivity index (χ2n) is 10.0. The number of rotatable bonds is 6. The molecule has 1 saturated heterocycles. The van der Waals surface area contributed by atoms with Crippen LogP contribution in [0.15, 0.2) is 48.5 Å². The molecule has 1 fully saturated rings. The molecular formula is C27H32N2O5. The highest BCUT2D eigenvalue weighted by Gasteiger charge is 2.49. The number of ether oxygens (including phenoxy) is 1. The van der Waals surface area contributed by atoms with Crippen LogP contribution >= 0.6 is 0 Å².